The maximum atomic E-state index is 12.4. The van der Waals surface area contributed by atoms with Crippen molar-refractivity contribution in [2.45, 2.75) is 0 Å². The number of fused-ring (bicyclic) bond motifs is 2. The van der Waals surface area contributed by atoms with Gasteiger partial charge in [0.05, 0.1) is 5.69 Å². The fourth-order valence-corrected chi connectivity index (χ4v) is 2.87. The van der Waals surface area contributed by atoms with Crippen molar-refractivity contribution in [1.82, 2.24) is 0 Å². The molecule has 2 aromatic carbocycles. The topological polar surface area (TPSA) is 63.6 Å². The Balaban J connectivity index is 1.83. The number of hydrogen-bond acceptors (Lipinski definition) is 4. The van der Waals surface area contributed by atoms with Crippen LogP contribution in [0, 0.1) is 5.92 Å². The number of aliphatic imine (C=N–C) groups is 1. The standard InChI is InChI=1S/C17H9NO3/c19-15-9-5-1-2-6-10(9)16(20)13(15)14-17(21)11-7-3-4-8-12(11)18-14/h1-8,13H. The van der Waals surface area contributed by atoms with Crippen molar-refractivity contribution in [2.75, 3.05) is 0 Å². The molecule has 0 fully saturated rings. The SMILES string of the molecule is O=C1C(C2C(=O)c3ccccc3C2=O)=Nc2ccccc21. The van der Waals surface area contributed by atoms with E-state index in [0.29, 0.717) is 22.4 Å². The highest BCUT2D eigenvalue weighted by Gasteiger charge is 2.45. The third-order valence-corrected chi connectivity index (χ3v) is 3.88. The fourth-order valence-electron chi connectivity index (χ4n) is 2.87. The van der Waals surface area contributed by atoms with Crippen LogP contribution in [0.2, 0.25) is 0 Å². The van der Waals surface area contributed by atoms with Gasteiger partial charge in [-0.2, -0.15) is 0 Å². The number of carbonyl (C=O) groups excluding carboxylic acids is 3. The first-order valence-electron chi connectivity index (χ1n) is 6.58. The maximum absolute atomic E-state index is 12.4. The molecule has 2 aliphatic rings. The summed E-state index contributed by atoms with van der Waals surface area (Å²) in [7, 11) is 0. The van der Waals surface area contributed by atoms with Gasteiger partial charge in [-0.1, -0.05) is 36.4 Å². The highest BCUT2D eigenvalue weighted by molar-refractivity contribution is 6.58. The van der Waals surface area contributed by atoms with Gasteiger partial charge < -0.3 is 0 Å². The number of benzene rings is 2. The molecule has 0 spiro atoms. The number of para-hydroxylation sites is 1. The summed E-state index contributed by atoms with van der Waals surface area (Å²) in [5, 5.41) is 0. The lowest BCUT2D eigenvalue weighted by Gasteiger charge is -2.04. The summed E-state index contributed by atoms with van der Waals surface area (Å²) in [5.74, 6) is -2.10. The molecule has 4 heteroatoms. The van der Waals surface area contributed by atoms with Crippen molar-refractivity contribution in [3.8, 4) is 0 Å². The van der Waals surface area contributed by atoms with Crippen molar-refractivity contribution in [2.24, 2.45) is 10.9 Å². The maximum Gasteiger partial charge on any atom is 0.210 e. The number of carbonyl (C=O) groups is 3. The van der Waals surface area contributed by atoms with Gasteiger partial charge in [-0.05, 0) is 12.1 Å². The van der Waals surface area contributed by atoms with Crippen molar-refractivity contribution < 1.29 is 14.4 Å². The predicted molar refractivity (Wildman–Crippen MR) is 76.5 cm³/mol. The summed E-state index contributed by atoms with van der Waals surface area (Å²) >= 11 is 0. The second kappa shape index (κ2) is 4.06. The number of hydrogen-bond donors (Lipinski definition) is 0. The molecule has 1 aliphatic carbocycles. The van der Waals surface area contributed by atoms with E-state index in [4.69, 9.17) is 0 Å². The largest absolute Gasteiger partial charge is 0.293 e. The summed E-state index contributed by atoms with van der Waals surface area (Å²) in [6.07, 6.45) is 0. The van der Waals surface area contributed by atoms with Crippen LogP contribution in [-0.2, 0) is 0 Å². The number of Topliss-reactive ketones (excluding diaryl/α,β-unsaturated/α-hetero) is 3. The Morgan fingerprint density at radius 2 is 1.24 bits per heavy atom. The van der Waals surface area contributed by atoms with Crippen LogP contribution in [0.1, 0.15) is 31.1 Å². The number of rotatable bonds is 1. The highest BCUT2D eigenvalue weighted by atomic mass is 16.2. The lowest BCUT2D eigenvalue weighted by molar-refractivity contribution is 0.0871. The monoisotopic (exact) mass is 275 g/mol. The van der Waals surface area contributed by atoms with Crippen molar-refractivity contribution >= 4 is 28.7 Å². The van der Waals surface area contributed by atoms with Gasteiger partial charge in [0.2, 0.25) is 5.78 Å². The third-order valence-electron chi connectivity index (χ3n) is 3.88. The predicted octanol–water partition coefficient (Wildman–Crippen LogP) is 2.65. The van der Waals surface area contributed by atoms with Crippen LogP contribution in [0.15, 0.2) is 53.5 Å². The van der Waals surface area contributed by atoms with Crippen LogP contribution in [0.25, 0.3) is 0 Å². The summed E-state index contributed by atoms with van der Waals surface area (Å²) in [5.41, 5.74) is 1.76. The minimum Gasteiger partial charge on any atom is -0.293 e. The molecular weight excluding hydrogens is 266 g/mol. The molecule has 21 heavy (non-hydrogen) atoms. The van der Waals surface area contributed by atoms with Gasteiger partial charge in [-0.3, -0.25) is 14.4 Å². The Hall–Kier alpha value is -2.88. The van der Waals surface area contributed by atoms with Crippen LogP contribution in [0.4, 0.5) is 5.69 Å². The van der Waals surface area contributed by atoms with Crippen LogP contribution in [0.3, 0.4) is 0 Å². The highest BCUT2D eigenvalue weighted by Crippen LogP contribution is 2.34. The zero-order valence-corrected chi connectivity index (χ0v) is 10.9. The average molecular weight is 275 g/mol. The van der Waals surface area contributed by atoms with Crippen LogP contribution >= 0.6 is 0 Å². The van der Waals surface area contributed by atoms with Gasteiger partial charge >= 0.3 is 0 Å². The van der Waals surface area contributed by atoms with Crippen molar-refractivity contribution in [3.63, 3.8) is 0 Å². The summed E-state index contributed by atoms with van der Waals surface area (Å²) in [4.78, 5) is 41.5. The summed E-state index contributed by atoms with van der Waals surface area (Å²) in [6, 6.07) is 13.5. The van der Waals surface area contributed by atoms with Crippen LogP contribution in [0.5, 0.6) is 0 Å². The molecule has 0 aromatic heterocycles. The summed E-state index contributed by atoms with van der Waals surface area (Å²) < 4.78 is 0. The van der Waals surface area contributed by atoms with Gasteiger partial charge in [0.15, 0.2) is 11.6 Å². The molecule has 0 unspecified atom stereocenters. The Kier molecular flexibility index (Phi) is 2.30. The Morgan fingerprint density at radius 1 is 0.714 bits per heavy atom. The van der Waals surface area contributed by atoms with E-state index < -0.39 is 5.92 Å². The quantitative estimate of drug-likeness (QED) is 0.751. The molecule has 4 nitrogen and oxygen atoms in total. The van der Waals surface area contributed by atoms with Gasteiger partial charge in [-0.25, -0.2) is 4.99 Å². The molecule has 0 saturated heterocycles. The average Bonchev–Trinajstić information content (AvgIpc) is 2.96. The first-order valence-corrected chi connectivity index (χ1v) is 6.58. The first-order chi connectivity index (χ1) is 10.2. The fraction of sp³-hybridized carbons (Fsp3) is 0.0588. The molecule has 4 rings (SSSR count). The van der Waals surface area contributed by atoms with E-state index in [2.05, 4.69) is 4.99 Å². The Bertz CT molecular complexity index is 829. The molecule has 0 atom stereocenters. The van der Waals surface area contributed by atoms with Crippen LogP contribution in [-0.4, -0.2) is 23.1 Å². The Labute approximate surface area is 120 Å². The van der Waals surface area contributed by atoms with E-state index in [1.165, 1.54) is 0 Å². The zero-order valence-electron chi connectivity index (χ0n) is 10.9. The van der Waals surface area contributed by atoms with Gasteiger partial charge in [0, 0.05) is 16.7 Å². The molecule has 0 amide bonds. The molecule has 0 radical (unpaired) electrons. The molecule has 2 aromatic rings. The number of ketones is 3. The van der Waals surface area contributed by atoms with Gasteiger partial charge in [0.1, 0.15) is 11.6 Å². The van der Waals surface area contributed by atoms with E-state index in [1.54, 1.807) is 48.5 Å². The zero-order chi connectivity index (χ0) is 14.6. The van der Waals surface area contributed by atoms with E-state index in [0.717, 1.165) is 0 Å². The summed E-state index contributed by atoms with van der Waals surface area (Å²) in [6.45, 7) is 0. The van der Waals surface area contributed by atoms with E-state index in [9.17, 15) is 14.4 Å². The normalized spacial score (nSPS) is 17.0. The molecule has 1 heterocycles. The van der Waals surface area contributed by atoms with Crippen molar-refractivity contribution in [1.29, 1.82) is 0 Å². The lowest BCUT2D eigenvalue weighted by atomic mass is 9.93. The molecule has 1 aliphatic heterocycles. The Morgan fingerprint density at radius 3 is 1.81 bits per heavy atom. The van der Waals surface area contributed by atoms with Gasteiger partial charge in [-0.15, -0.1) is 0 Å². The molecular formula is C17H9NO3. The first kappa shape index (κ1) is 11.9. The van der Waals surface area contributed by atoms with Crippen molar-refractivity contribution in [3.05, 3.63) is 65.2 Å². The lowest BCUT2D eigenvalue weighted by Crippen LogP contribution is -2.29. The second-order valence-electron chi connectivity index (χ2n) is 5.05. The molecule has 100 valence electrons. The second-order valence-corrected chi connectivity index (χ2v) is 5.05. The number of nitrogens with zero attached hydrogens (tertiary/aromatic N) is 1. The molecule has 0 N–H and O–H groups in total. The van der Waals surface area contributed by atoms with E-state index in [1.807, 2.05) is 0 Å². The minimum absolute atomic E-state index is 0.0439. The molecule has 0 saturated carbocycles. The minimum atomic E-state index is -1.10. The third kappa shape index (κ3) is 1.50. The molecule has 0 bridgehead atoms. The van der Waals surface area contributed by atoms with E-state index >= 15 is 0 Å². The van der Waals surface area contributed by atoms with E-state index in [-0.39, 0.29) is 23.1 Å². The van der Waals surface area contributed by atoms with Gasteiger partial charge in [0.25, 0.3) is 0 Å². The smallest absolute Gasteiger partial charge is 0.210 e. The van der Waals surface area contributed by atoms with Crippen LogP contribution < -0.4 is 0 Å².